The predicted molar refractivity (Wildman–Crippen MR) is 81.7 cm³/mol. The third-order valence-corrected chi connectivity index (χ3v) is 5.91. The van der Waals surface area contributed by atoms with Crippen molar-refractivity contribution in [2.45, 2.75) is 83.8 Å². The van der Waals surface area contributed by atoms with Crippen LogP contribution in [-0.2, 0) is 9.53 Å². The molecule has 0 spiro atoms. The lowest BCUT2D eigenvalue weighted by Gasteiger charge is -2.41. The number of ether oxygens (including phenoxy) is 1. The van der Waals surface area contributed by atoms with Gasteiger partial charge in [0.25, 0.3) is 0 Å². The summed E-state index contributed by atoms with van der Waals surface area (Å²) < 4.78 is 6.25. The molecular formula is C18H28O3. The van der Waals surface area contributed by atoms with Crippen LogP contribution in [0, 0.1) is 11.3 Å². The molecule has 3 nitrogen and oxygen atoms in total. The van der Waals surface area contributed by atoms with Crippen LogP contribution in [0.4, 0.5) is 0 Å². The Kier molecular flexibility index (Phi) is 4.13. The highest BCUT2D eigenvalue weighted by Gasteiger charge is 2.51. The Morgan fingerprint density at radius 1 is 1.33 bits per heavy atom. The molecule has 3 aliphatic rings. The molecule has 3 rings (SSSR count). The SMILES string of the molecule is CC(O)CCCC1CCC2=C(CC[C@]3(C)C(=O)CCC23)O1. The fourth-order valence-corrected chi connectivity index (χ4v) is 4.54. The Labute approximate surface area is 127 Å². The second-order valence-electron chi connectivity index (χ2n) is 7.44. The second kappa shape index (κ2) is 5.75. The van der Waals surface area contributed by atoms with Crippen LogP contribution in [0.15, 0.2) is 11.3 Å². The van der Waals surface area contributed by atoms with Crippen LogP contribution >= 0.6 is 0 Å². The zero-order valence-electron chi connectivity index (χ0n) is 13.4. The first-order chi connectivity index (χ1) is 10.0. The molecule has 0 radical (unpaired) electrons. The molecule has 3 heteroatoms. The molecule has 3 unspecified atom stereocenters. The summed E-state index contributed by atoms with van der Waals surface area (Å²) in [5.74, 6) is 2.13. The van der Waals surface area contributed by atoms with E-state index in [-0.39, 0.29) is 11.5 Å². The predicted octanol–water partition coefficient (Wildman–Crippen LogP) is 3.75. The maximum absolute atomic E-state index is 12.2. The number of Topliss-reactive ketones (excluding diaryl/α,β-unsaturated/α-hetero) is 1. The van der Waals surface area contributed by atoms with Gasteiger partial charge in [0.2, 0.25) is 0 Å². The molecule has 118 valence electrons. The van der Waals surface area contributed by atoms with E-state index in [9.17, 15) is 9.90 Å². The van der Waals surface area contributed by atoms with Crippen molar-refractivity contribution in [3.63, 3.8) is 0 Å². The third kappa shape index (κ3) is 2.77. The van der Waals surface area contributed by atoms with E-state index in [1.807, 2.05) is 6.92 Å². The Morgan fingerprint density at radius 2 is 2.14 bits per heavy atom. The van der Waals surface area contributed by atoms with E-state index in [1.54, 1.807) is 0 Å². The number of fused-ring (bicyclic) bond motifs is 2. The Hall–Kier alpha value is -0.830. The summed E-state index contributed by atoms with van der Waals surface area (Å²) in [5, 5.41) is 9.34. The molecule has 1 N–H and O–H groups in total. The number of carbonyl (C=O) groups is 1. The first-order valence-electron chi connectivity index (χ1n) is 8.60. The van der Waals surface area contributed by atoms with E-state index in [0.717, 1.165) is 57.8 Å². The summed E-state index contributed by atoms with van der Waals surface area (Å²) in [6.45, 7) is 4.02. The average Bonchev–Trinajstić information content (AvgIpc) is 2.75. The Balaban J connectivity index is 1.64. The van der Waals surface area contributed by atoms with Gasteiger partial charge in [-0.2, -0.15) is 0 Å². The lowest BCUT2D eigenvalue weighted by Crippen LogP contribution is -2.36. The largest absolute Gasteiger partial charge is 0.495 e. The minimum absolute atomic E-state index is 0.0959. The summed E-state index contributed by atoms with van der Waals surface area (Å²) in [4.78, 5) is 12.2. The zero-order chi connectivity index (χ0) is 15.0. The first-order valence-corrected chi connectivity index (χ1v) is 8.60. The van der Waals surface area contributed by atoms with Crippen molar-refractivity contribution in [1.82, 2.24) is 0 Å². The molecule has 1 saturated carbocycles. The van der Waals surface area contributed by atoms with Gasteiger partial charge >= 0.3 is 0 Å². The normalized spacial score (nSPS) is 37.0. The van der Waals surface area contributed by atoms with Gasteiger partial charge in [-0.25, -0.2) is 0 Å². The van der Waals surface area contributed by atoms with Crippen molar-refractivity contribution in [3.05, 3.63) is 11.3 Å². The highest BCUT2D eigenvalue weighted by Crippen LogP contribution is 2.54. The van der Waals surface area contributed by atoms with E-state index in [1.165, 1.54) is 11.3 Å². The Morgan fingerprint density at radius 3 is 2.90 bits per heavy atom. The summed E-state index contributed by atoms with van der Waals surface area (Å²) >= 11 is 0. The van der Waals surface area contributed by atoms with Gasteiger partial charge in [0.05, 0.1) is 18.0 Å². The van der Waals surface area contributed by atoms with Crippen LogP contribution in [0.3, 0.4) is 0 Å². The van der Waals surface area contributed by atoms with Crippen LogP contribution in [0.5, 0.6) is 0 Å². The summed E-state index contributed by atoms with van der Waals surface area (Å²) in [6.07, 6.45) is 8.96. The van der Waals surface area contributed by atoms with E-state index in [2.05, 4.69) is 6.92 Å². The third-order valence-electron chi connectivity index (χ3n) is 5.91. The van der Waals surface area contributed by atoms with Crippen molar-refractivity contribution >= 4 is 5.78 Å². The summed E-state index contributed by atoms with van der Waals surface area (Å²) in [6, 6.07) is 0. The van der Waals surface area contributed by atoms with Gasteiger partial charge in [0, 0.05) is 18.3 Å². The zero-order valence-corrected chi connectivity index (χ0v) is 13.4. The van der Waals surface area contributed by atoms with Crippen LogP contribution in [0.2, 0.25) is 0 Å². The van der Waals surface area contributed by atoms with Crippen molar-refractivity contribution < 1.29 is 14.6 Å². The molecule has 4 atom stereocenters. The molecule has 0 saturated heterocycles. The monoisotopic (exact) mass is 292 g/mol. The maximum atomic E-state index is 12.2. The lowest BCUT2D eigenvalue weighted by molar-refractivity contribution is -0.127. The molecule has 0 aromatic rings. The summed E-state index contributed by atoms with van der Waals surface area (Å²) in [5.41, 5.74) is 1.36. The van der Waals surface area contributed by atoms with Gasteiger partial charge in [-0.3, -0.25) is 4.79 Å². The van der Waals surface area contributed by atoms with Gasteiger partial charge in [0.15, 0.2) is 0 Å². The van der Waals surface area contributed by atoms with Crippen LogP contribution in [-0.4, -0.2) is 23.1 Å². The van der Waals surface area contributed by atoms with Crippen LogP contribution < -0.4 is 0 Å². The summed E-state index contributed by atoms with van der Waals surface area (Å²) in [7, 11) is 0. The topological polar surface area (TPSA) is 46.5 Å². The van der Waals surface area contributed by atoms with Gasteiger partial charge in [-0.05, 0) is 63.4 Å². The maximum Gasteiger partial charge on any atom is 0.139 e. The minimum Gasteiger partial charge on any atom is -0.495 e. The Bertz CT molecular complexity index is 451. The van der Waals surface area contributed by atoms with Crippen molar-refractivity contribution in [2.75, 3.05) is 0 Å². The second-order valence-corrected chi connectivity index (χ2v) is 7.44. The first kappa shape index (κ1) is 15.1. The molecule has 1 heterocycles. The quantitative estimate of drug-likeness (QED) is 0.858. The van der Waals surface area contributed by atoms with Crippen molar-refractivity contribution in [1.29, 1.82) is 0 Å². The highest BCUT2D eigenvalue weighted by molar-refractivity contribution is 5.87. The standard InChI is InChI=1S/C18H28O3/c1-12(19)4-3-5-13-6-7-14-15-8-9-17(20)18(15,2)11-10-16(14)21-13/h12-13,15,19H,3-11H2,1-2H3/t12?,13?,15?,18-/m0/s1. The fraction of sp³-hybridized carbons (Fsp3) is 0.833. The number of hydrogen-bond acceptors (Lipinski definition) is 3. The fourth-order valence-electron chi connectivity index (χ4n) is 4.54. The van der Waals surface area contributed by atoms with Gasteiger partial charge in [0.1, 0.15) is 5.78 Å². The molecule has 21 heavy (non-hydrogen) atoms. The lowest BCUT2D eigenvalue weighted by atomic mass is 9.66. The van der Waals surface area contributed by atoms with Crippen molar-refractivity contribution in [2.24, 2.45) is 11.3 Å². The number of ketones is 1. The molecule has 1 fully saturated rings. The van der Waals surface area contributed by atoms with E-state index in [4.69, 9.17) is 4.74 Å². The number of carbonyl (C=O) groups excluding carboxylic acids is 1. The molecule has 0 aromatic heterocycles. The molecule has 0 aromatic carbocycles. The van der Waals surface area contributed by atoms with Gasteiger partial charge < -0.3 is 9.84 Å². The molecule has 0 amide bonds. The minimum atomic E-state index is -0.205. The van der Waals surface area contributed by atoms with Crippen LogP contribution in [0.25, 0.3) is 0 Å². The number of allylic oxidation sites excluding steroid dienone is 2. The van der Waals surface area contributed by atoms with E-state index >= 15 is 0 Å². The highest BCUT2D eigenvalue weighted by atomic mass is 16.5. The van der Waals surface area contributed by atoms with E-state index < -0.39 is 0 Å². The smallest absolute Gasteiger partial charge is 0.139 e. The van der Waals surface area contributed by atoms with E-state index in [0.29, 0.717) is 17.8 Å². The average molecular weight is 292 g/mol. The number of aliphatic hydroxyl groups is 1. The molecule has 2 aliphatic carbocycles. The number of hydrogen-bond donors (Lipinski definition) is 1. The molecule has 0 bridgehead atoms. The van der Waals surface area contributed by atoms with Crippen LogP contribution in [0.1, 0.15) is 71.6 Å². The number of rotatable bonds is 4. The van der Waals surface area contributed by atoms with Gasteiger partial charge in [-0.15, -0.1) is 0 Å². The molecular weight excluding hydrogens is 264 g/mol. The van der Waals surface area contributed by atoms with Crippen molar-refractivity contribution in [3.8, 4) is 0 Å². The molecule has 1 aliphatic heterocycles. The number of aliphatic hydroxyl groups excluding tert-OH is 1. The van der Waals surface area contributed by atoms with Gasteiger partial charge in [-0.1, -0.05) is 6.92 Å².